The number of hydrogen-bond acceptors (Lipinski definition) is 6. The van der Waals surface area contributed by atoms with Crippen molar-refractivity contribution in [3.05, 3.63) is 24.5 Å². The van der Waals surface area contributed by atoms with Gasteiger partial charge in [-0.3, -0.25) is 14.6 Å². The van der Waals surface area contributed by atoms with Crippen LogP contribution >= 0.6 is 11.8 Å². The minimum Gasteiger partial charge on any atom is -0.355 e. The second-order valence-corrected chi connectivity index (χ2v) is 6.20. The van der Waals surface area contributed by atoms with Crippen molar-refractivity contribution < 1.29 is 9.59 Å². The molecule has 0 unspecified atom stereocenters. The van der Waals surface area contributed by atoms with Crippen LogP contribution in [0.2, 0.25) is 0 Å². The number of carbonyl (C=O) groups excluding carboxylic acids is 2. The Morgan fingerprint density at radius 1 is 1.24 bits per heavy atom. The summed E-state index contributed by atoms with van der Waals surface area (Å²) in [4.78, 5) is 27.7. The van der Waals surface area contributed by atoms with Gasteiger partial charge in [0.2, 0.25) is 11.8 Å². The van der Waals surface area contributed by atoms with Gasteiger partial charge in [-0.05, 0) is 32.9 Å². The minimum atomic E-state index is -0.565. The quantitative estimate of drug-likeness (QED) is 0.682. The van der Waals surface area contributed by atoms with Gasteiger partial charge in [-0.2, -0.15) is 0 Å². The number of nitrogens with one attached hydrogen (secondary N) is 2. The molecule has 0 bridgehead atoms. The summed E-state index contributed by atoms with van der Waals surface area (Å²) in [5, 5.41) is 14.4. The van der Waals surface area contributed by atoms with Crippen LogP contribution in [0.4, 0.5) is 0 Å². The molecule has 9 heteroatoms. The van der Waals surface area contributed by atoms with Gasteiger partial charge in [0.25, 0.3) is 0 Å². The van der Waals surface area contributed by atoms with E-state index in [9.17, 15) is 9.59 Å². The van der Waals surface area contributed by atoms with Crippen molar-refractivity contribution >= 4 is 23.6 Å². The average Bonchev–Trinajstić information content (AvgIpc) is 3.03. The Labute approximate surface area is 150 Å². The Morgan fingerprint density at radius 3 is 2.60 bits per heavy atom. The molecule has 0 radical (unpaired) electrons. The summed E-state index contributed by atoms with van der Waals surface area (Å²) in [5.74, 6) is 0.485. The highest BCUT2D eigenvalue weighted by Gasteiger charge is 2.17. The van der Waals surface area contributed by atoms with Crippen LogP contribution in [0.15, 0.2) is 29.7 Å². The molecule has 0 aliphatic heterocycles. The number of hydrogen-bond donors (Lipinski definition) is 2. The van der Waals surface area contributed by atoms with E-state index < -0.39 is 6.04 Å². The molecule has 25 heavy (non-hydrogen) atoms. The number of aromatic nitrogens is 4. The van der Waals surface area contributed by atoms with E-state index in [-0.39, 0.29) is 17.6 Å². The maximum Gasteiger partial charge on any atom is 0.242 e. The SMILES string of the molecule is CCNC(=O)[C@@H](C)NC(=O)CSc1nnc(-c2ccncc2)n1CC. The van der Waals surface area contributed by atoms with E-state index in [0.717, 1.165) is 11.4 Å². The molecule has 134 valence electrons. The summed E-state index contributed by atoms with van der Waals surface area (Å²) >= 11 is 1.29. The molecule has 2 N–H and O–H groups in total. The lowest BCUT2D eigenvalue weighted by atomic mass is 10.2. The Morgan fingerprint density at radius 2 is 1.96 bits per heavy atom. The summed E-state index contributed by atoms with van der Waals surface area (Å²) in [6.07, 6.45) is 3.40. The van der Waals surface area contributed by atoms with E-state index in [4.69, 9.17) is 0 Å². The zero-order chi connectivity index (χ0) is 18.2. The molecule has 1 atom stereocenters. The smallest absolute Gasteiger partial charge is 0.242 e. The summed E-state index contributed by atoms with van der Waals surface area (Å²) in [6.45, 7) is 6.70. The molecule has 0 aliphatic rings. The molecule has 0 saturated heterocycles. The van der Waals surface area contributed by atoms with Gasteiger partial charge in [-0.25, -0.2) is 0 Å². The van der Waals surface area contributed by atoms with Crippen LogP contribution < -0.4 is 10.6 Å². The van der Waals surface area contributed by atoms with Gasteiger partial charge in [0.05, 0.1) is 5.75 Å². The van der Waals surface area contributed by atoms with Crippen molar-refractivity contribution in [1.82, 2.24) is 30.4 Å². The van der Waals surface area contributed by atoms with E-state index in [1.165, 1.54) is 11.8 Å². The third-order valence-electron chi connectivity index (χ3n) is 3.43. The summed E-state index contributed by atoms with van der Waals surface area (Å²) < 4.78 is 1.94. The second-order valence-electron chi connectivity index (χ2n) is 5.26. The van der Waals surface area contributed by atoms with Gasteiger partial charge < -0.3 is 15.2 Å². The Kier molecular flexibility index (Phi) is 6.93. The second kappa shape index (κ2) is 9.16. The third kappa shape index (κ3) is 5.02. The first-order valence-electron chi connectivity index (χ1n) is 8.10. The van der Waals surface area contributed by atoms with Gasteiger partial charge >= 0.3 is 0 Å². The first kappa shape index (κ1) is 18.9. The number of thioether (sulfide) groups is 1. The van der Waals surface area contributed by atoms with Gasteiger partial charge in [-0.1, -0.05) is 11.8 Å². The summed E-state index contributed by atoms with van der Waals surface area (Å²) in [7, 11) is 0. The van der Waals surface area contributed by atoms with Crippen LogP contribution in [-0.4, -0.2) is 49.9 Å². The Hall–Kier alpha value is -2.42. The standard InChI is InChI=1S/C16H22N6O2S/c1-4-18-15(24)11(3)19-13(23)10-25-16-21-20-14(22(16)5-2)12-6-8-17-9-7-12/h6-9,11H,4-5,10H2,1-3H3,(H,18,24)(H,19,23)/t11-/m1/s1. The molecule has 8 nitrogen and oxygen atoms in total. The summed E-state index contributed by atoms with van der Waals surface area (Å²) in [5.41, 5.74) is 0.922. The van der Waals surface area contributed by atoms with E-state index >= 15 is 0 Å². The van der Waals surface area contributed by atoms with Gasteiger partial charge in [0.15, 0.2) is 11.0 Å². The lowest BCUT2D eigenvalue weighted by Gasteiger charge is -2.13. The zero-order valence-electron chi connectivity index (χ0n) is 14.5. The van der Waals surface area contributed by atoms with Crippen molar-refractivity contribution in [2.45, 2.75) is 38.5 Å². The maximum atomic E-state index is 12.0. The van der Waals surface area contributed by atoms with E-state index in [2.05, 4.69) is 25.8 Å². The van der Waals surface area contributed by atoms with Gasteiger partial charge in [0.1, 0.15) is 6.04 Å². The molecule has 0 aromatic carbocycles. The molecule has 0 fully saturated rings. The molecule has 0 aliphatic carbocycles. The van der Waals surface area contributed by atoms with Crippen LogP contribution in [0.1, 0.15) is 20.8 Å². The fourth-order valence-electron chi connectivity index (χ4n) is 2.20. The van der Waals surface area contributed by atoms with E-state index in [1.54, 1.807) is 19.3 Å². The van der Waals surface area contributed by atoms with Gasteiger partial charge in [0, 0.05) is 31.0 Å². The largest absolute Gasteiger partial charge is 0.355 e. The lowest BCUT2D eigenvalue weighted by Crippen LogP contribution is -2.45. The fourth-order valence-corrected chi connectivity index (χ4v) is 3.01. The number of amides is 2. The highest BCUT2D eigenvalue weighted by atomic mass is 32.2. The van der Waals surface area contributed by atoms with Crippen molar-refractivity contribution in [1.29, 1.82) is 0 Å². The number of pyridine rings is 1. The van der Waals surface area contributed by atoms with Crippen molar-refractivity contribution in [3.63, 3.8) is 0 Å². The summed E-state index contributed by atoms with van der Waals surface area (Å²) in [6, 6.07) is 3.17. The first-order valence-corrected chi connectivity index (χ1v) is 9.08. The van der Waals surface area contributed by atoms with Crippen LogP contribution in [0.3, 0.4) is 0 Å². The number of carbonyl (C=O) groups is 2. The topological polar surface area (TPSA) is 102 Å². The number of nitrogens with zero attached hydrogens (tertiary/aromatic N) is 4. The lowest BCUT2D eigenvalue weighted by molar-refractivity contribution is -0.127. The van der Waals surface area contributed by atoms with Crippen molar-refractivity contribution in [2.24, 2.45) is 0 Å². The molecular formula is C16H22N6O2S. The monoisotopic (exact) mass is 362 g/mol. The Bertz CT molecular complexity index is 719. The van der Waals surface area contributed by atoms with E-state index in [1.807, 2.05) is 30.5 Å². The molecular weight excluding hydrogens is 340 g/mol. The maximum absolute atomic E-state index is 12.0. The van der Waals surface area contributed by atoms with E-state index in [0.29, 0.717) is 18.2 Å². The van der Waals surface area contributed by atoms with Crippen LogP contribution in [0.25, 0.3) is 11.4 Å². The number of rotatable bonds is 8. The molecule has 2 aromatic rings. The zero-order valence-corrected chi connectivity index (χ0v) is 15.3. The predicted octanol–water partition coefficient (Wildman–Crippen LogP) is 1.09. The minimum absolute atomic E-state index is 0.165. The van der Waals surface area contributed by atoms with Crippen molar-refractivity contribution in [3.8, 4) is 11.4 Å². The average molecular weight is 362 g/mol. The predicted molar refractivity (Wildman–Crippen MR) is 95.9 cm³/mol. The molecule has 0 saturated carbocycles. The molecule has 2 heterocycles. The molecule has 2 rings (SSSR count). The van der Waals surface area contributed by atoms with Crippen LogP contribution in [0, 0.1) is 0 Å². The van der Waals surface area contributed by atoms with Crippen LogP contribution in [0.5, 0.6) is 0 Å². The fraction of sp³-hybridized carbons (Fsp3) is 0.438. The first-order chi connectivity index (χ1) is 12.1. The molecule has 2 amide bonds. The normalized spacial score (nSPS) is 11.8. The highest BCUT2D eigenvalue weighted by molar-refractivity contribution is 7.99. The van der Waals surface area contributed by atoms with Gasteiger partial charge in [-0.15, -0.1) is 10.2 Å². The Balaban J connectivity index is 1.98. The third-order valence-corrected chi connectivity index (χ3v) is 4.39. The highest BCUT2D eigenvalue weighted by Crippen LogP contribution is 2.23. The number of likely N-dealkylation sites (N-methyl/N-ethyl adjacent to an activating group) is 1. The molecule has 0 spiro atoms. The van der Waals surface area contributed by atoms with Crippen LogP contribution in [-0.2, 0) is 16.1 Å². The molecule has 2 aromatic heterocycles. The van der Waals surface area contributed by atoms with Crippen molar-refractivity contribution in [2.75, 3.05) is 12.3 Å².